The number of hydrogen-bond donors (Lipinski definition) is 3. The summed E-state index contributed by atoms with van der Waals surface area (Å²) in [6.07, 6.45) is 5.21. The van der Waals surface area contributed by atoms with E-state index in [1.807, 2.05) is 0 Å². The summed E-state index contributed by atoms with van der Waals surface area (Å²) in [5.74, 6) is 0.427. The smallest absolute Gasteiger partial charge is 0.250 e. The van der Waals surface area contributed by atoms with Crippen molar-refractivity contribution in [2.24, 2.45) is 11.7 Å². The lowest BCUT2D eigenvalue weighted by molar-refractivity contribution is -0.128. The molecule has 82 valence electrons. The van der Waals surface area contributed by atoms with Gasteiger partial charge in [0.2, 0.25) is 5.91 Å². The molecular weight excluding hydrogens is 180 g/mol. The fourth-order valence-corrected chi connectivity index (χ4v) is 1.92. The number of hydrogen-bond acceptors (Lipinski definition) is 3. The van der Waals surface area contributed by atoms with Gasteiger partial charge in [-0.25, -0.2) is 0 Å². The second kappa shape index (κ2) is 5.98. The minimum Gasteiger partial charge on any atom is -0.382 e. The lowest BCUT2D eigenvalue weighted by Crippen LogP contribution is -2.39. The van der Waals surface area contributed by atoms with E-state index >= 15 is 0 Å². The average molecular weight is 200 g/mol. The van der Waals surface area contributed by atoms with Crippen LogP contribution in [0.15, 0.2) is 0 Å². The Bertz CT molecular complexity index is 179. The summed E-state index contributed by atoms with van der Waals surface area (Å²) in [4.78, 5) is 11.1. The number of nitrogens with two attached hydrogens (primary N) is 1. The molecule has 4 heteroatoms. The predicted octanol–water partition coefficient (Wildman–Crippen LogP) is 0.00250. The molecule has 0 radical (unpaired) electrons. The minimum absolute atomic E-state index is 0.00470. The topological polar surface area (TPSA) is 75.3 Å². The minimum atomic E-state index is -1.04. The van der Waals surface area contributed by atoms with Crippen molar-refractivity contribution < 1.29 is 9.90 Å². The molecule has 1 fully saturated rings. The highest BCUT2D eigenvalue weighted by Gasteiger charge is 2.16. The molecule has 4 nitrogen and oxygen atoms in total. The van der Waals surface area contributed by atoms with Crippen LogP contribution in [0.4, 0.5) is 0 Å². The molecule has 0 heterocycles. The van der Waals surface area contributed by atoms with Gasteiger partial charge in [0, 0.05) is 13.1 Å². The second-order valence-electron chi connectivity index (χ2n) is 3.98. The Balaban J connectivity index is 2.05. The zero-order chi connectivity index (χ0) is 10.4. The lowest BCUT2D eigenvalue weighted by atomic mass is 10.0. The van der Waals surface area contributed by atoms with Crippen LogP contribution in [-0.2, 0) is 4.79 Å². The molecule has 0 saturated heterocycles. The van der Waals surface area contributed by atoms with Gasteiger partial charge in [-0.05, 0) is 12.3 Å². The van der Waals surface area contributed by atoms with E-state index < -0.39 is 6.10 Å². The first-order valence-electron chi connectivity index (χ1n) is 5.40. The van der Waals surface area contributed by atoms with Crippen LogP contribution in [0, 0.1) is 5.92 Å². The van der Waals surface area contributed by atoms with Gasteiger partial charge in [0.1, 0.15) is 6.10 Å². The van der Waals surface area contributed by atoms with Crippen LogP contribution >= 0.6 is 0 Å². The quantitative estimate of drug-likeness (QED) is 0.585. The van der Waals surface area contributed by atoms with Crippen LogP contribution in [-0.4, -0.2) is 30.2 Å². The summed E-state index contributed by atoms with van der Waals surface area (Å²) in [5.41, 5.74) is 5.16. The van der Waals surface area contributed by atoms with E-state index in [-0.39, 0.29) is 12.5 Å². The monoisotopic (exact) mass is 200 g/mol. The van der Waals surface area contributed by atoms with Crippen LogP contribution in [0.25, 0.3) is 0 Å². The third-order valence-corrected chi connectivity index (χ3v) is 2.85. The van der Waals surface area contributed by atoms with Gasteiger partial charge in [-0.15, -0.1) is 0 Å². The van der Waals surface area contributed by atoms with E-state index in [1.54, 1.807) is 0 Å². The van der Waals surface area contributed by atoms with Crippen molar-refractivity contribution in [1.29, 1.82) is 0 Å². The van der Waals surface area contributed by atoms with Crippen molar-refractivity contribution in [3.63, 3.8) is 0 Å². The molecule has 4 N–H and O–H groups in total. The molecule has 0 aromatic rings. The maximum absolute atomic E-state index is 11.1. The van der Waals surface area contributed by atoms with Crippen molar-refractivity contribution in [1.82, 2.24) is 5.32 Å². The number of carbonyl (C=O) groups excluding carboxylic acids is 1. The molecule has 1 aliphatic carbocycles. The summed E-state index contributed by atoms with van der Waals surface area (Å²) in [5, 5.41) is 11.8. The van der Waals surface area contributed by atoms with Crippen LogP contribution in [0.5, 0.6) is 0 Å². The third kappa shape index (κ3) is 3.64. The molecule has 1 aliphatic rings. The lowest BCUT2D eigenvalue weighted by Gasteiger charge is -2.11. The normalized spacial score (nSPS) is 19.6. The number of aliphatic hydroxyl groups excluding tert-OH is 1. The SMILES string of the molecule is NCC(O)C(=O)NCCC1CCCC1. The zero-order valence-corrected chi connectivity index (χ0v) is 8.54. The first kappa shape index (κ1) is 11.5. The fraction of sp³-hybridized carbons (Fsp3) is 0.900. The Morgan fingerprint density at radius 2 is 2.14 bits per heavy atom. The van der Waals surface area contributed by atoms with E-state index in [0.29, 0.717) is 6.54 Å². The van der Waals surface area contributed by atoms with Crippen molar-refractivity contribution in [2.75, 3.05) is 13.1 Å². The first-order valence-corrected chi connectivity index (χ1v) is 5.40. The Hall–Kier alpha value is -0.610. The Morgan fingerprint density at radius 3 is 2.71 bits per heavy atom. The molecule has 0 spiro atoms. The van der Waals surface area contributed by atoms with E-state index in [9.17, 15) is 4.79 Å². The number of rotatable bonds is 5. The molecule has 1 atom stereocenters. The van der Waals surface area contributed by atoms with Gasteiger partial charge in [-0.2, -0.15) is 0 Å². The van der Waals surface area contributed by atoms with Crippen LogP contribution < -0.4 is 11.1 Å². The second-order valence-corrected chi connectivity index (χ2v) is 3.98. The van der Waals surface area contributed by atoms with E-state index in [0.717, 1.165) is 12.3 Å². The summed E-state index contributed by atoms with van der Waals surface area (Å²) in [6, 6.07) is 0. The van der Waals surface area contributed by atoms with Gasteiger partial charge in [-0.3, -0.25) is 4.79 Å². The van der Waals surface area contributed by atoms with Gasteiger partial charge >= 0.3 is 0 Å². The zero-order valence-electron chi connectivity index (χ0n) is 8.54. The number of aliphatic hydroxyl groups is 1. The molecule has 14 heavy (non-hydrogen) atoms. The van der Waals surface area contributed by atoms with Crippen molar-refractivity contribution in [3.8, 4) is 0 Å². The standard InChI is InChI=1S/C10H20N2O2/c11-7-9(13)10(14)12-6-5-8-3-1-2-4-8/h8-9,13H,1-7,11H2,(H,12,14). The molecular formula is C10H20N2O2. The van der Waals surface area contributed by atoms with Crippen LogP contribution in [0.2, 0.25) is 0 Å². The molecule has 0 aliphatic heterocycles. The average Bonchev–Trinajstić information content (AvgIpc) is 2.69. The van der Waals surface area contributed by atoms with Gasteiger partial charge < -0.3 is 16.2 Å². The number of carbonyl (C=O) groups is 1. The first-order chi connectivity index (χ1) is 6.74. The van der Waals surface area contributed by atoms with E-state index in [4.69, 9.17) is 10.8 Å². The number of nitrogens with one attached hydrogen (secondary N) is 1. The van der Waals surface area contributed by atoms with Gasteiger partial charge in [0.15, 0.2) is 0 Å². The Labute approximate surface area is 84.9 Å². The van der Waals surface area contributed by atoms with Gasteiger partial charge in [0.25, 0.3) is 0 Å². The van der Waals surface area contributed by atoms with E-state index in [2.05, 4.69) is 5.32 Å². The highest BCUT2D eigenvalue weighted by atomic mass is 16.3. The maximum Gasteiger partial charge on any atom is 0.250 e. The van der Waals surface area contributed by atoms with Crippen molar-refractivity contribution in [3.05, 3.63) is 0 Å². The highest BCUT2D eigenvalue weighted by Crippen LogP contribution is 2.26. The molecule has 1 saturated carbocycles. The third-order valence-electron chi connectivity index (χ3n) is 2.85. The van der Waals surface area contributed by atoms with Crippen molar-refractivity contribution >= 4 is 5.91 Å². The Morgan fingerprint density at radius 1 is 1.50 bits per heavy atom. The van der Waals surface area contributed by atoms with Crippen molar-refractivity contribution in [2.45, 2.75) is 38.2 Å². The molecule has 1 rings (SSSR count). The number of amides is 1. The largest absolute Gasteiger partial charge is 0.382 e. The summed E-state index contributed by atoms with van der Waals surface area (Å²) < 4.78 is 0. The summed E-state index contributed by atoms with van der Waals surface area (Å²) in [6.45, 7) is 0.663. The maximum atomic E-state index is 11.1. The molecule has 0 aromatic heterocycles. The molecule has 0 bridgehead atoms. The van der Waals surface area contributed by atoms with Gasteiger partial charge in [0.05, 0.1) is 0 Å². The Kier molecular flexibility index (Phi) is 4.90. The van der Waals surface area contributed by atoms with Gasteiger partial charge in [-0.1, -0.05) is 25.7 Å². The fourth-order valence-electron chi connectivity index (χ4n) is 1.92. The predicted molar refractivity (Wildman–Crippen MR) is 54.6 cm³/mol. The van der Waals surface area contributed by atoms with Crippen LogP contribution in [0.1, 0.15) is 32.1 Å². The molecule has 1 amide bonds. The highest BCUT2D eigenvalue weighted by molar-refractivity contribution is 5.80. The van der Waals surface area contributed by atoms with E-state index in [1.165, 1.54) is 25.7 Å². The molecule has 1 unspecified atom stereocenters. The summed E-state index contributed by atoms with van der Waals surface area (Å²) >= 11 is 0. The van der Waals surface area contributed by atoms with Crippen LogP contribution in [0.3, 0.4) is 0 Å². The molecule has 0 aromatic carbocycles. The summed E-state index contributed by atoms with van der Waals surface area (Å²) in [7, 11) is 0.